The topological polar surface area (TPSA) is 222 Å². The fraction of sp³-hybridized carbons (Fsp3) is 0.467. The first-order chi connectivity index (χ1) is 13.1. The molecule has 0 saturated carbocycles. The lowest BCUT2D eigenvalue weighted by Crippen LogP contribution is -2.57. The number of imidazole rings is 1. The summed E-state index contributed by atoms with van der Waals surface area (Å²) < 4.78 is 0. The summed E-state index contributed by atoms with van der Waals surface area (Å²) in [6.45, 7) is 0.847. The Bertz CT molecular complexity index is 720. The van der Waals surface area contributed by atoms with E-state index in [9.17, 15) is 24.0 Å². The van der Waals surface area contributed by atoms with Crippen molar-refractivity contribution in [3.63, 3.8) is 0 Å². The van der Waals surface area contributed by atoms with Crippen molar-refractivity contribution in [2.45, 2.75) is 37.9 Å². The van der Waals surface area contributed by atoms with Crippen molar-refractivity contribution in [3.8, 4) is 0 Å². The third-order valence-corrected chi connectivity index (χ3v) is 3.58. The number of carboxylic acids is 1. The Kier molecular flexibility index (Phi) is 8.55. The zero-order valence-electron chi connectivity index (χ0n) is 15.1. The largest absolute Gasteiger partial charge is 0.480 e. The molecule has 4 amide bonds. The maximum absolute atomic E-state index is 12.6. The lowest BCUT2D eigenvalue weighted by molar-refractivity contribution is -0.142. The minimum Gasteiger partial charge on any atom is -0.480 e. The molecule has 0 spiro atoms. The van der Waals surface area contributed by atoms with E-state index in [2.05, 4.69) is 25.9 Å². The van der Waals surface area contributed by atoms with E-state index in [0.717, 1.165) is 0 Å². The van der Waals surface area contributed by atoms with E-state index in [0.29, 0.717) is 5.69 Å². The number of aromatic amines is 1. The molecule has 3 atom stereocenters. The minimum absolute atomic E-state index is 0.00795. The molecular formula is C15H23N7O6. The van der Waals surface area contributed by atoms with Gasteiger partial charge in [-0.05, 0) is 6.92 Å². The second-order valence-electron chi connectivity index (χ2n) is 5.91. The highest BCUT2D eigenvalue weighted by atomic mass is 16.4. The number of nitrogens with two attached hydrogens (primary N) is 2. The number of carbonyl (C=O) groups is 5. The van der Waals surface area contributed by atoms with Gasteiger partial charge in [-0.15, -0.1) is 0 Å². The van der Waals surface area contributed by atoms with Crippen LogP contribution in [-0.2, 0) is 30.4 Å². The first kappa shape index (κ1) is 22.6. The highest BCUT2D eigenvalue weighted by Crippen LogP contribution is 2.02. The number of amides is 4. The summed E-state index contributed by atoms with van der Waals surface area (Å²) in [5, 5.41) is 15.7. The average molecular weight is 397 g/mol. The van der Waals surface area contributed by atoms with Gasteiger partial charge in [0, 0.05) is 18.3 Å². The zero-order chi connectivity index (χ0) is 21.3. The molecule has 1 aromatic rings. The molecule has 1 rings (SSSR count). The maximum Gasteiger partial charge on any atom is 0.325 e. The van der Waals surface area contributed by atoms with Crippen molar-refractivity contribution in [1.29, 1.82) is 0 Å². The summed E-state index contributed by atoms with van der Waals surface area (Å²) in [6.07, 6.45) is 2.27. The summed E-state index contributed by atoms with van der Waals surface area (Å²) >= 11 is 0. The van der Waals surface area contributed by atoms with E-state index in [1.54, 1.807) is 0 Å². The van der Waals surface area contributed by atoms with Gasteiger partial charge in [0.25, 0.3) is 0 Å². The van der Waals surface area contributed by atoms with E-state index in [1.165, 1.54) is 19.4 Å². The molecule has 0 aliphatic carbocycles. The summed E-state index contributed by atoms with van der Waals surface area (Å²) in [4.78, 5) is 65.1. The molecule has 0 aromatic carbocycles. The third kappa shape index (κ3) is 7.41. The Morgan fingerprint density at radius 2 is 1.79 bits per heavy atom. The van der Waals surface area contributed by atoms with Gasteiger partial charge in [0.05, 0.1) is 19.3 Å². The molecule has 1 heterocycles. The van der Waals surface area contributed by atoms with Gasteiger partial charge in [0.2, 0.25) is 23.6 Å². The number of rotatable bonds is 11. The normalized spacial score (nSPS) is 13.6. The number of nitrogens with one attached hydrogen (secondary N) is 4. The fourth-order valence-electron chi connectivity index (χ4n) is 2.14. The van der Waals surface area contributed by atoms with Gasteiger partial charge in [-0.2, -0.15) is 0 Å². The number of primary amides is 1. The summed E-state index contributed by atoms with van der Waals surface area (Å²) in [7, 11) is 0. The summed E-state index contributed by atoms with van der Waals surface area (Å²) in [6, 6.07) is -3.81. The van der Waals surface area contributed by atoms with Crippen molar-refractivity contribution in [3.05, 3.63) is 18.2 Å². The molecule has 1 aromatic heterocycles. The number of hydrogen-bond donors (Lipinski definition) is 7. The van der Waals surface area contributed by atoms with Crippen LogP contribution in [0.1, 0.15) is 19.0 Å². The molecule has 0 fully saturated rings. The van der Waals surface area contributed by atoms with Crippen LogP contribution in [0, 0.1) is 0 Å². The van der Waals surface area contributed by atoms with Crippen molar-refractivity contribution in [2.75, 3.05) is 6.54 Å². The van der Waals surface area contributed by atoms with Crippen LogP contribution in [-0.4, -0.2) is 69.3 Å². The minimum atomic E-state index is -1.43. The average Bonchev–Trinajstić information content (AvgIpc) is 3.12. The molecule has 28 heavy (non-hydrogen) atoms. The van der Waals surface area contributed by atoms with Crippen LogP contribution in [0.2, 0.25) is 0 Å². The van der Waals surface area contributed by atoms with Crippen LogP contribution < -0.4 is 27.4 Å². The third-order valence-electron chi connectivity index (χ3n) is 3.58. The molecule has 154 valence electrons. The van der Waals surface area contributed by atoms with Gasteiger partial charge in [0.15, 0.2) is 0 Å². The molecule has 0 saturated heterocycles. The van der Waals surface area contributed by atoms with E-state index in [-0.39, 0.29) is 13.0 Å². The molecule has 13 nitrogen and oxygen atoms in total. The lowest BCUT2D eigenvalue weighted by Gasteiger charge is -2.23. The van der Waals surface area contributed by atoms with Crippen molar-refractivity contribution in [2.24, 2.45) is 11.5 Å². The van der Waals surface area contributed by atoms with Gasteiger partial charge in [-0.3, -0.25) is 24.0 Å². The maximum atomic E-state index is 12.6. The van der Waals surface area contributed by atoms with Gasteiger partial charge < -0.3 is 37.5 Å². The second-order valence-corrected chi connectivity index (χ2v) is 5.91. The van der Waals surface area contributed by atoms with Crippen LogP contribution in [0.15, 0.2) is 12.5 Å². The SMILES string of the molecule is CC(NC(=O)C(CC(N)=O)NC(=O)C(Cc1cnc[nH]1)NC(=O)CN)C(=O)O. The van der Waals surface area contributed by atoms with Crippen molar-refractivity contribution >= 4 is 29.6 Å². The predicted molar refractivity (Wildman–Crippen MR) is 94.3 cm³/mol. The highest BCUT2D eigenvalue weighted by Gasteiger charge is 2.29. The van der Waals surface area contributed by atoms with Gasteiger partial charge in [-0.1, -0.05) is 0 Å². The second kappa shape index (κ2) is 10.6. The first-order valence-electron chi connectivity index (χ1n) is 8.22. The molecule has 0 bridgehead atoms. The number of nitrogens with zero attached hydrogens (tertiary/aromatic N) is 1. The number of aromatic nitrogens is 2. The van der Waals surface area contributed by atoms with Crippen LogP contribution in [0.25, 0.3) is 0 Å². The smallest absolute Gasteiger partial charge is 0.325 e. The molecule has 9 N–H and O–H groups in total. The van der Waals surface area contributed by atoms with E-state index < -0.39 is 54.1 Å². The Morgan fingerprint density at radius 1 is 1.14 bits per heavy atom. The Labute approximate surface area is 159 Å². The predicted octanol–water partition coefficient (Wildman–Crippen LogP) is -3.65. The molecule has 0 radical (unpaired) electrons. The number of aliphatic carboxylic acids is 1. The molecule has 3 unspecified atom stereocenters. The number of carboxylic acid groups (broad SMARTS) is 1. The monoisotopic (exact) mass is 397 g/mol. The van der Waals surface area contributed by atoms with Gasteiger partial charge in [-0.25, -0.2) is 4.98 Å². The van der Waals surface area contributed by atoms with Crippen molar-refractivity contribution in [1.82, 2.24) is 25.9 Å². The molecule has 0 aliphatic heterocycles. The lowest BCUT2D eigenvalue weighted by atomic mass is 10.1. The first-order valence-corrected chi connectivity index (χ1v) is 8.22. The highest BCUT2D eigenvalue weighted by molar-refractivity contribution is 5.95. The summed E-state index contributed by atoms with van der Waals surface area (Å²) in [5.41, 5.74) is 10.9. The van der Waals surface area contributed by atoms with Gasteiger partial charge >= 0.3 is 5.97 Å². The van der Waals surface area contributed by atoms with Crippen molar-refractivity contribution < 1.29 is 29.1 Å². The van der Waals surface area contributed by atoms with E-state index in [4.69, 9.17) is 16.6 Å². The fourth-order valence-corrected chi connectivity index (χ4v) is 2.14. The van der Waals surface area contributed by atoms with E-state index in [1.807, 2.05) is 0 Å². The number of carbonyl (C=O) groups excluding carboxylic acids is 4. The molecular weight excluding hydrogens is 374 g/mol. The standard InChI is InChI=1S/C15H23N7O6/c1-7(15(27)28)20-13(25)10(3-11(17)23)22-14(26)9(21-12(24)4-16)2-8-5-18-6-19-8/h5-7,9-10H,2-4,16H2,1H3,(H2,17,23)(H,18,19)(H,20,25)(H,21,24)(H,22,26)(H,27,28). The quantitative estimate of drug-likeness (QED) is 0.197. The molecule has 0 aliphatic rings. The van der Waals surface area contributed by atoms with E-state index >= 15 is 0 Å². The number of H-pyrrole nitrogens is 1. The van der Waals surface area contributed by atoms with Crippen LogP contribution >= 0.6 is 0 Å². The number of hydrogen-bond acceptors (Lipinski definition) is 7. The Balaban J connectivity index is 2.92. The van der Waals surface area contributed by atoms with Crippen LogP contribution in [0.4, 0.5) is 0 Å². The van der Waals surface area contributed by atoms with Crippen LogP contribution in [0.5, 0.6) is 0 Å². The zero-order valence-corrected chi connectivity index (χ0v) is 15.1. The Morgan fingerprint density at radius 3 is 2.29 bits per heavy atom. The Hall–Kier alpha value is -3.48. The molecule has 13 heteroatoms. The van der Waals surface area contributed by atoms with Gasteiger partial charge in [0.1, 0.15) is 18.1 Å². The van der Waals surface area contributed by atoms with Crippen LogP contribution in [0.3, 0.4) is 0 Å². The summed E-state index contributed by atoms with van der Waals surface area (Å²) in [5.74, 6) is -4.51.